The van der Waals surface area contributed by atoms with E-state index in [1.165, 1.54) is 12.1 Å². The van der Waals surface area contributed by atoms with E-state index in [0.29, 0.717) is 6.61 Å². The first-order valence-corrected chi connectivity index (χ1v) is 9.49. The molecular formula is C20H19BrFN3O. The van der Waals surface area contributed by atoms with Crippen molar-refractivity contribution in [3.05, 3.63) is 64.6 Å². The van der Waals surface area contributed by atoms with Crippen LogP contribution in [0.15, 0.2) is 53.3 Å². The van der Waals surface area contributed by atoms with E-state index in [2.05, 4.69) is 36.9 Å². The van der Waals surface area contributed by atoms with Crippen molar-refractivity contribution in [2.75, 3.05) is 18.0 Å². The van der Waals surface area contributed by atoms with E-state index >= 15 is 0 Å². The lowest BCUT2D eigenvalue weighted by molar-refractivity contribution is 0.0250. The van der Waals surface area contributed by atoms with Gasteiger partial charge in [0, 0.05) is 22.9 Å². The molecule has 26 heavy (non-hydrogen) atoms. The maximum Gasteiger partial charge on any atom is 0.139 e. The lowest BCUT2D eigenvalue weighted by atomic mass is 10.1. The summed E-state index contributed by atoms with van der Waals surface area (Å²) in [4.78, 5) is 11.2. The fourth-order valence-electron chi connectivity index (χ4n) is 3.30. The van der Waals surface area contributed by atoms with Gasteiger partial charge in [-0.25, -0.2) is 14.4 Å². The summed E-state index contributed by atoms with van der Waals surface area (Å²) in [5.74, 6) is 0.763. The van der Waals surface area contributed by atoms with Crippen LogP contribution in [-0.4, -0.2) is 29.2 Å². The van der Waals surface area contributed by atoms with Gasteiger partial charge in [-0.3, -0.25) is 0 Å². The van der Waals surface area contributed by atoms with Gasteiger partial charge in [-0.05, 0) is 48.7 Å². The van der Waals surface area contributed by atoms with Crippen LogP contribution in [0.1, 0.15) is 18.4 Å². The summed E-state index contributed by atoms with van der Waals surface area (Å²) in [6.45, 7) is 2.31. The molecule has 1 fully saturated rings. The van der Waals surface area contributed by atoms with Crippen molar-refractivity contribution < 1.29 is 9.13 Å². The third-order valence-electron chi connectivity index (χ3n) is 4.72. The van der Waals surface area contributed by atoms with E-state index in [1.54, 1.807) is 18.5 Å². The highest BCUT2D eigenvalue weighted by atomic mass is 79.9. The van der Waals surface area contributed by atoms with E-state index in [9.17, 15) is 4.39 Å². The monoisotopic (exact) mass is 415 g/mol. The number of anilines is 1. The number of hydrogen-bond acceptors (Lipinski definition) is 4. The molecule has 0 spiro atoms. The number of fused-ring (bicyclic) bond motifs is 1. The number of rotatable bonds is 4. The SMILES string of the molecule is Fc1ccc(COC2CCN(c3ncnc4ccc(Br)cc34)CC2)cc1. The molecular weight excluding hydrogens is 397 g/mol. The van der Waals surface area contributed by atoms with Crippen molar-refractivity contribution in [1.82, 2.24) is 9.97 Å². The second-order valence-electron chi connectivity index (χ2n) is 6.48. The van der Waals surface area contributed by atoms with Gasteiger partial charge in [0.05, 0.1) is 18.2 Å². The topological polar surface area (TPSA) is 38.2 Å². The molecule has 0 atom stereocenters. The van der Waals surface area contributed by atoms with Gasteiger partial charge in [0.15, 0.2) is 0 Å². The number of aromatic nitrogens is 2. The minimum Gasteiger partial charge on any atom is -0.373 e. The summed E-state index contributed by atoms with van der Waals surface area (Å²) < 4.78 is 20.0. The molecule has 4 nitrogen and oxygen atoms in total. The summed E-state index contributed by atoms with van der Waals surface area (Å²) in [5, 5.41) is 1.06. The average Bonchev–Trinajstić information content (AvgIpc) is 2.67. The van der Waals surface area contributed by atoms with Crippen LogP contribution in [0.4, 0.5) is 10.2 Å². The molecule has 1 aliphatic heterocycles. The normalized spacial score (nSPS) is 15.5. The van der Waals surface area contributed by atoms with Gasteiger partial charge < -0.3 is 9.64 Å². The Hall–Kier alpha value is -2.05. The van der Waals surface area contributed by atoms with Crippen molar-refractivity contribution in [2.45, 2.75) is 25.6 Å². The van der Waals surface area contributed by atoms with Crippen LogP contribution in [0.5, 0.6) is 0 Å². The molecule has 6 heteroatoms. The molecule has 0 amide bonds. The Balaban J connectivity index is 1.39. The smallest absolute Gasteiger partial charge is 0.139 e. The molecule has 1 aliphatic rings. The van der Waals surface area contributed by atoms with Crippen LogP contribution in [0.3, 0.4) is 0 Å². The lowest BCUT2D eigenvalue weighted by Crippen LogP contribution is -2.37. The number of nitrogens with zero attached hydrogens (tertiary/aromatic N) is 3. The van der Waals surface area contributed by atoms with Gasteiger partial charge in [-0.1, -0.05) is 28.1 Å². The molecule has 0 aliphatic carbocycles. The first-order chi connectivity index (χ1) is 12.7. The van der Waals surface area contributed by atoms with Crippen LogP contribution in [0, 0.1) is 5.82 Å². The summed E-state index contributed by atoms with van der Waals surface area (Å²) in [6, 6.07) is 12.6. The Labute approximate surface area is 160 Å². The van der Waals surface area contributed by atoms with Crippen LogP contribution in [0.25, 0.3) is 10.9 Å². The number of benzene rings is 2. The fourth-order valence-corrected chi connectivity index (χ4v) is 3.66. The highest BCUT2D eigenvalue weighted by Crippen LogP contribution is 2.28. The van der Waals surface area contributed by atoms with Crippen LogP contribution in [0.2, 0.25) is 0 Å². The standard InChI is InChI=1S/C20H19BrFN3O/c21-15-3-6-19-18(11-15)20(24-13-23-19)25-9-7-17(8-10-25)26-12-14-1-4-16(22)5-2-14/h1-6,11,13,17H,7-10,12H2. The van der Waals surface area contributed by atoms with E-state index in [-0.39, 0.29) is 11.9 Å². The van der Waals surface area contributed by atoms with Gasteiger partial charge in [0.25, 0.3) is 0 Å². The zero-order valence-corrected chi connectivity index (χ0v) is 15.8. The van der Waals surface area contributed by atoms with Gasteiger partial charge in [-0.15, -0.1) is 0 Å². The minimum absolute atomic E-state index is 0.217. The number of halogens is 2. The maximum absolute atomic E-state index is 13.0. The minimum atomic E-state index is -0.217. The predicted octanol–water partition coefficient (Wildman–Crippen LogP) is 4.72. The van der Waals surface area contributed by atoms with E-state index in [4.69, 9.17) is 4.74 Å². The van der Waals surface area contributed by atoms with Crippen molar-refractivity contribution in [1.29, 1.82) is 0 Å². The van der Waals surface area contributed by atoms with Crippen molar-refractivity contribution in [3.63, 3.8) is 0 Å². The summed E-state index contributed by atoms with van der Waals surface area (Å²) in [5.41, 5.74) is 1.95. The Morgan fingerprint density at radius 2 is 1.85 bits per heavy atom. The van der Waals surface area contributed by atoms with Gasteiger partial charge in [0.2, 0.25) is 0 Å². The Kier molecular flexibility index (Phi) is 5.13. The summed E-state index contributed by atoms with van der Waals surface area (Å²) in [6.07, 6.45) is 3.74. The van der Waals surface area contributed by atoms with Crippen molar-refractivity contribution in [3.8, 4) is 0 Å². The second-order valence-corrected chi connectivity index (χ2v) is 7.40. The molecule has 134 valence electrons. The van der Waals surface area contributed by atoms with Crippen LogP contribution < -0.4 is 4.90 Å². The third-order valence-corrected chi connectivity index (χ3v) is 5.21. The third kappa shape index (κ3) is 3.86. The zero-order chi connectivity index (χ0) is 17.9. The maximum atomic E-state index is 13.0. The molecule has 0 unspecified atom stereocenters. The van der Waals surface area contributed by atoms with Crippen molar-refractivity contribution >= 4 is 32.7 Å². The van der Waals surface area contributed by atoms with Gasteiger partial charge in [0.1, 0.15) is 18.0 Å². The molecule has 0 radical (unpaired) electrons. The summed E-state index contributed by atoms with van der Waals surface area (Å²) >= 11 is 3.53. The number of ether oxygens (including phenoxy) is 1. The first kappa shape index (κ1) is 17.4. The van der Waals surface area contributed by atoms with Crippen LogP contribution >= 0.6 is 15.9 Å². The van der Waals surface area contributed by atoms with E-state index in [0.717, 1.165) is 52.7 Å². The van der Waals surface area contributed by atoms with E-state index in [1.807, 2.05) is 12.1 Å². The molecule has 4 rings (SSSR count). The Bertz CT molecular complexity index is 895. The highest BCUT2D eigenvalue weighted by Gasteiger charge is 2.22. The number of piperidine rings is 1. The Morgan fingerprint density at radius 3 is 2.62 bits per heavy atom. The number of hydrogen-bond donors (Lipinski definition) is 0. The van der Waals surface area contributed by atoms with Gasteiger partial charge in [-0.2, -0.15) is 0 Å². The van der Waals surface area contributed by atoms with Crippen molar-refractivity contribution in [2.24, 2.45) is 0 Å². The van der Waals surface area contributed by atoms with Gasteiger partial charge >= 0.3 is 0 Å². The molecule has 0 N–H and O–H groups in total. The zero-order valence-electron chi connectivity index (χ0n) is 14.2. The average molecular weight is 416 g/mol. The summed E-state index contributed by atoms with van der Waals surface area (Å²) in [7, 11) is 0. The molecule has 3 aromatic rings. The lowest BCUT2D eigenvalue weighted by Gasteiger charge is -2.33. The molecule has 2 heterocycles. The Morgan fingerprint density at radius 1 is 1.08 bits per heavy atom. The molecule has 2 aromatic carbocycles. The second kappa shape index (κ2) is 7.68. The van der Waals surface area contributed by atoms with E-state index < -0.39 is 0 Å². The fraction of sp³-hybridized carbons (Fsp3) is 0.300. The molecule has 0 saturated carbocycles. The molecule has 0 bridgehead atoms. The largest absolute Gasteiger partial charge is 0.373 e. The quantitative estimate of drug-likeness (QED) is 0.617. The van der Waals surface area contributed by atoms with Crippen LogP contribution in [-0.2, 0) is 11.3 Å². The highest BCUT2D eigenvalue weighted by molar-refractivity contribution is 9.10. The first-order valence-electron chi connectivity index (χ1n) is 8.70. The molecule has 1 aromatic heterocycles. The predicted molar refractivity (Wildman–Crippen MR) is 104 cm³/mol. The molecule has 1 saturated heterocycles.